The standard InChI is InChI=1S/C15H18N4O2/c1-21-13-4-2-12(3-5-13)19-9-7-14(17-19)15(20)18-8-6-11(16)10-18/h2-5,7,9,11H,6,8,10,16H2,1H3. The molecule has 0 spiro atoms. The Morgan fingerprint density at radius 2 is 2.10 bits per heavy atom. The number of methoxy groups -OCH3 is 1. The van der Waals surface area contributed by atoms with E-state index in [1.165, 1.54) is 0 Å². The summed E-state index contributed by atoms with van der Waals surface area (Å²) in [6, 6.07) is 9.32. The molecule has 0 radical (unpaired) electrons. The topological polar surface area (TPSA) is 73.4 Å². The summed E-state index contributed by atoms with van der Waals surface area (Å²) in [5.41, 5.74) is 7.16. The highest BCUT2D eigenvalue weighted by Gasteiger charge is 2.25. The normalized spacial score (nSPS) is 18.0. The van der Waals surface area contributed by atoms with E-state index in [-0.39, 0.29) is 11.9 Å². The van der Waals surface area contributed by atoms with Crippen molar-refractivity contribution >= 4 is 5.91 Å². The molecule has 1 aliphatic heterocycles. The lowest BCUT2D eigenvalue weighted by Crippen LogP contribution is -2.32. The van der Waals surface area contributed by atoms with Crippen molar-refractivity contribution in [3.63, 3.8) is 0 Å². The van der Waals surface area contributed by atoms with Crippen LogP contribution in [-0.2, 0) is 0 Å². The van der Waals surface area contributed by atoms with Gasteiger partial charge in [0.2, 0.25) is 0 Å². The molecule has 110 valence electrons. The molecule has 1 aromatic heterocycles. The Hall–Kier alpha value is -2.34. The Labute approximate surface area is 123 Å². The van der Waals surface area contributed by atoms with E-state index in [4.69, 9.17) is 10.5 Å². The average molecular weight is 286 g/mol. The number of hydrogen-bond donors (Lipinski definition) is 1. The van der Waals surface area contributed by atoms with E-state index in [9.17, 15) is 4.79 Å². The van der Waals surface area contributed by atoms with Gasteiger partial charge in [0.05, 0.1) is 12.8 Å². The number of carbonyl (C=O) groups excluding carboxylic acids is 1. The van der Waals surface area contributed by atoms with Crippen LogP contribution in [0.15, 0.2) is 36.5 Å². The lowest BCUT2D eigenvalue weighted by Gasteiger charge is -2.13. The number of nitrogens with two attached hydrogens (primary N) is 1. The summed E-state index contributed by atoms with van der Waals surface area (Å²) in [7, 11) is 1.63. The van der Waals surface area contributed by atoms with Crippen LogP contribution in [0.4, 0.5) is 0 Å². The number of benzene rings is 1. The Morgan fingerprint density at radius 1 is 1.33 bits per heavy atom. The second-order valence-corrected chi connectivity index (χ2v) is 5.14. The van der Waals surface area contributed by atoms with E-state index in [1.807, 2.05) is 24.3 Å². The number of rotatable bonds is 3. The first-order valence-corrected chi connectivity index (χ1v) is 6.92. The van der Waals surface area contributed by atoms with E-state index in [0.717, 1.165) is 17.9 Å². The molecule has 6 nitrogen and oxygen atoms in total. The number of amides is 1. The molecule has 21 heavy (non-hydrogen) atoms. The van der Waals surface area contributed by atoms with E-state index in [2.05, 4.69) is 5.10 Å². The van der Waals surface area contributed by atoms with Crippen LogP contribution in [0, 0.1) is 0 Å². The summed E-state index contributed by atoms with van der Waals surface area (Å²) in [5, 5.41) is 4.35. The van der Waals surface area contributed by atoms with Gasteiger partial charge < -0.3 is 15.4 Å². The van der Waals surface area contributed by atoms with Gasteiger partial charge in [0, 0.05) is 25.3 Å². The summed E-state index contributed by atoms with van der Waals surface area (Å²) >= 11 is 0. The zero-order chi connectivity index (χ0) is 14.8. The molecule has 6 heteroatoms. The van der Waals surface area contributed by atoms with Crippen LogP contribution in [0.25, 0.3) is 5.69 Å². The highest BCUT2D eigenvalue weighted by Crippen LogP contribution is 2.16. The van der Waals surface area contributed by atoms with Crippen molar-refractivity contribution in [1.82, 2.24) is 14.7 Å². The molecule has 0 aliphatic carbocycles. The van der Waals surface area contributed by atoms with Crippen molar-refractivity contribution in [1.29, 1.82) is 0 Å². The Bertz CT molecular complexity index is 635. The summed E-state index contributed by atoms with van der Waals surface area (Å²) in [6.45, 7) is 1.31. The maximum atomic E-state index is 12.3. The van der Waals surface area contributed by atoms with Crippen LogP contribution in [0.2, 0.25) is 0 Å². The van der Waals surface area contributed by atoms with Gasteiger partial charge in [0.15, 0.2) is 5.69 Å². The monoisotopic (exact) mass is 286 g/mol. The molecule has 1 fully saturated rings. The SMILES string of the molecule is COc1ccc(-n2ccc(C(=O)N3CCC(N)C3)n2)cc1. The molecule has 1 aliphatic rings. The van der Waals surface area contributed by atoms with Gasteiger partial charge in [0.25, 0.3) is 5.91 Å². The van der Waals surface area contributed by atoms with Crippen molar-refractivity contribution in [2.45, 2.75) is 12.5 Å². The number of carbonyl (C=O) groups is 1. The average Bonchev–Trinajstić information content (AvgIpc) is 3.16. The third-order valence-corrected chi connectivity index (χ3v) is 3.66. The van der Waals surface area contributed by atoms with Crippen LogP contribution in [0.5, 0.6) is 5.75 Å². The molecule has 1 saturated heterocycles. The molecule has 0 saturated carbocycles. The predicted molar refractivity (Wildman–Crippen MR) is 78.6 cm³/mol. The van der Waals surface area contributed by atoms with Gasteiger partial charge in [-0.05, 0) is 36.8 Å². The summed E-state index contributed by atoms with van der Waals surface area (Å²) < 4.78 is 6.81. The van der Waals surface area contributed by atoms with E-state index in [1.54, 1.807) is 29.0 Å². The Balaban J connectivity index is 1.77. The van der Waals surface area contributed by atoms with Crippen LogP contribution < -0.4 is 10.5 Å². The highest BCUT2D eigenvalue weighted by atomic mass is 16.5. The number of likely N-dealkylation sites (tertiary alicyclic amines) is 1. The zero-order valence-corrected chi connectivity index (χ0v) is 11.9. The number of nitrogens with zero attached hydrogens (tertiary/aromatic N) is 3. The number of hydrogen-bond acceptors (Lipinski definition) is 4. The molecule has 1 amide bonds. The van der Waals surface area contributed by atoms with Crippen LogP contribution in [0.1, 0.15) is 16.9 Å². The smallest absolute Gasteiger partial charge is 0.274 e. The van der Waals surface area contributed by atoms with Crippen molar-refractivity contribution in [3.8, 4) is 11.4 Å². The lowest BCUT2D eigenvalue weighted by atomic mass is 10.3. The molecule has 1 atom stereocenters. The molecule has 2 heterocycles. The maximum absolute atomic E-state index is 12.3. The van der Waals surface area contributed by atoms with Gasteiger partial charge in [-0.3, -0.25) is 4.79 Å². The fourth-order valence-electron chi connectivity index (χ4n) is 2.45. The largest absolute Gasteiger partial charge is 0.497 e. The summed E-state index contributed by atoms with van der Waals surface area (Å²) in [6.07, 6.45) is 2.63. The highest BCUT2D eigenvalue weighted by molar-refractivity contribution is 5.92. The third-order valence-electron chi connectivity index (χ3n) is 3.66. The maximum Gasteiger partial charge on any atom is 0.274 e. The van der Waals surface area contributed by atoms with Crippen LogP contribution in [-0.4, -0.2) is 46.8 Å². The minimum Gasteiger partial charge on any atom is -0.497 e. The number of aromatic nitrogens is 2. The number of ether oxygens (including phenoxy) is 1. The van der Waals surface area contributed by atoms with Crippen molar-refractivity contribution in [2.24, 2.45) is 5.73 Å². The molecule has 2 N–H and O–H groups in total. The van der Waals surface area contributed by atoms with E-state index in [0.29, 0.717) is 18.8 Å². The fraction of sp³-hybridized carbons (Fsp3) is 0.333. The molecular formula is C15H18N4O2. The van der Waals surface area contributed by atoms with Crippen molar-refractivity contribution in [3.05, 3.63) is 42.2 Å². The van der Waals surface area contributed by atoms with Gasteiger partial charge in [-0.1, -0.05) is 0 Å². The summed E-state index contributed by atoms with van der Waals surface area (Å²) in [4.78, 5) is 14.1. The minimum atomic E-state index is -0.0600. The Kier molecular flexibility index (Phi) is 3.62. The molecule has 1 aromatic carbocycles. The first kappa shape index (κ1) is 13.6. The minimum absolute atomic E-state index is 0.0600. The second-order valence-electron chi connectivity index (χ2n) is 5.14. The van der Waals surface area contributed by atoms with Gasteiger partial charge >= 0.3 is 0 Å². The van der Waals surface area contributed by atoms with Crippen LogP contribution in [0.3, 0.4) is 0 Å². The molecule has 0 bridgehead atoms. The molecule has 1 unspecified atom stereocenters. The second kappa shape index (κ2) is 5.57. The first-order valence-electron chi connectivity index (χ1n) is 6.92. The molecular weight excluding hydrogens is 268 g/mol. The van der Waals surface area contributed by atoms with Gasteiger partial charge in [0.1, 0.15) is 5.75 Å². The van der Waals surface area contributed by atoms with Gasteiger partial charge in [-0.25, -0.2) is 4.68 Å². The van der Waals surface area contributed by atoms with E-state index >= 15 is 0 Å². The van der Waals surface area contributed by atoms with Crippen molar-refractivity contribution in [2.75, 3.05) is 20.2 Å². The first-order chi connectivity index (χ1) is 10.2. The lowest BCUT2D eigenvalue weighted by molar-refractivity contribution is 0.0784. The fourth-order valence-corrected chi connectivity index (χ4v) is 2.45. The third kappa shape index (κ3) is 2.75. The zero-order valence-electron chi connectivity index (χ0n) is 11.9. The van der Waals surface area contributed by atoms with Gasteiger partial charge in [-0.15, -0.1) is 0 Å². The van der Waals surface area contributed by atoms with Crippen molar-refractivity contribution < 1.29 is 9.53 Å². The molecule has 3 rings (SSSR count). The molecule has 2 aromatic rings. The predicted octanol–water partition coefficient (Wildman–Crippen LogP) is 1.05. The van der Waals surface area contributed by atoms with E-state index < -0.39 is 0 Å². The quantitative estimate of drug-likeness (QED) is 0.915. The Morgan fingerprint density at radius 3 is 2.71 bits per heavy atom. The summed E-state index contributed by atoms with van der Waals surface area (Å²) in [5.74, 6) is 0.725. The van der Waals surface area contributed by atoms with Gasteiger partial charge in [-0.2, -0.15) is 5.10 Å². The van der Waals surface area contributed by atoms with Crippen LogP contribution >= 0.6 is 0 Å².